The molecule has 6 nitrogen and oxygen atoms in total. The molecule has 1 aliphatic heterocycles. The molecule has 0 unspecified atom stereocenters. The predicted octanol–water partition coefficient (Wildman–Crippen LogP) is 2.12. The van der Waals surface area contributed by atoms with Crippen molar-refractivity contribution in [3.63, 3.8) is 0 Å². The Morgan fingerprint density at radius 3 is 2.87 bits per heavy atom. The van der Waals surface area contributed by atoms with E-state index < -0.39 is 0 Å². The Bertz CT molecular complexity index is 689. The minimum atomic E-state index is 0.121. The van der Waals surface area contributed by atoms with Gasteiger partial charge < -0.3 is 24.5 Å². The van der Waals surface area contributed by atoms with Gasteiger partial charge >= 0.3 is 0 Å². The van der Waals surface area contributed by atoms with E-state index in [0.29, 0.717) is 16.5 Å². The molecule has 124 valence electrons. The van der Waals surface area contributed by atoms with Crippen molar-refractivity contribution < 1.29 is 14.6 Å². The Morgan fingerprint density at radius 2 is 2.22 bits per heavy atom. The molecule has 1 aromatic heterocycles. The number of aromatic nitrogens is 2. The summed E-state index contributed by atoms with van der Waals surface area (Å²) in [5.41, 5.74) is 0.793. The molecule has 1 aliphatic rings. The van der Waals surface area contributed by atoms with Crippen molar-refractivity contribution >= 4 is 11.6 Å². The summed E-state index contributed by atoms with van der Waals surface area (Å²) in [4.78, 5) is 4.47. The quantitative estimate of drug-likeness (QED) is 0.874. The number of imidazole rings is 1. The third-order valence-electron chi connectivity index (χ3n) is 4.21. The van der Waals surface area contributed by atoms with Crippen LogP contribution in [0.5, 0.6) is 11.5 Å². The zero-order valence-electron chi connectivity index (χ0n) is 13.1. The van der Waals surface area contributed by atoms with Crippen LogP contribution in [-0.2, 0) is 0 Å². The fraction of sp³-hybridized carbons (Fsp3) is 0.438. The molecule has 23 heavy (non-hydrogen) atoms. The Hall–Kier alpha value is -1.76. The van der Waals surface area contributed by atoms with E-state index in [-0.39, 0.29) is 18.7 Å². The molecule has 2 heterocycles. The highest BCUT2D eigenvalue weighted by Crippen LogP contribution is 2.42. The number of nitrogens with one attached hydrogen (secondary N) is 1. The molecule has 0 amide bonds. The van der Waals surface area contributed by atoms with Gasteiger partial charge in [0.25, 0.3) is 0 Å². The van der Waals surface area contributed by atoms with Gasteiger partial charge in [-0.25, -0.2) is 4.98 Å². The molecular weight excluding hydrogens is 318 g/mol. The Labute approximate surface area is 140 Å². The third-order valence-corrected chi connectivity index (χ3v) is 4.58. The first kappa shape index (κ1) is 16.1. The molecule has 2 atom stereocenters. The second-order valence-electron chi connectivity index (χ2n) is 5.50. The van der Waals surface area contributed by atoms with Crippen LogP contribution in [-0.4, -0.2) is 48.1 Å². The molecule has 1 saturated heterocycles. The Morgan fingerprint density at radius 1 is 1.39 bits per heavy atom. The maximum atomic E-state index is 9.30. The lowest BCUT2D eigenvalue weighted by Gasteiger charge is -2.17. The number of hydrogen-bond donors (Lipinski definition) is 2. The first-order valence-electron chi connectivity index (χ1n) is 7.47. The number of ether oxygens (including phenoxy) is 2. The number of halogens is 1. The number of hydrogen-bond acceptors (Lipinski definition) is 5. The van der Waals surface area contributed by atoms with Gasteiger partial charge in [0.2, 0.25) is 0 Å². The number of nitrogens with zero attached hydrogens (tertiary/aromatic N) is 2. The van der Waals surface area contributed by atoms with Crippen molar-refractivity contribution in [3.8, 4) is 22.9 Å². The summed E-state index contributed by atoms with van der Waals surface area (Å²) < 4.78 is 12.7. The summed E-state index contributed by atoms with van der Waals surface area (Å²) in [7, 11) is 3.14. The van der Waals surface area contributed by atoms with Gasteiger partial charge in [-0.1, -0.05) is 11.6 Å². The maximum absolute atomic E-state index is 9.30. The summed E-state index contributed by atoms with van der Waals surface area (Å²) in [6.07, 6.45) is 4.55. The highest BCUT2D eigenvalue weighted by Gasteiger charge is 2.27. The van der Waals surface area contributed by atoms with Gasteiger partial charge in [-0.3, -0.25) is 0 Å². The van der Waals surface area contributed by atoms with Crippen molar-refractivity contribution in [2.45, 2.75) is 18.5 Å². The average Bonchev–Trinajstić information content (AvgIpc) is 3.22. The Kier molecular flexibility index (Phi) is 4.75. The molecule has 7 heteroatoms. The molecule has 3 rings (SSSR count). The van der Waals surface area contributed by atoms with Crippen LogP contribution in [0.4, 0.5) is 0 Å². The minimum Gasteiger partial charge on any atom is -0.493 e. The molecule has 2 N–H and O–H groups in total. The molecule has 1 aromatic carbocycles. The van der Waals surface area contributed by atoms with Crippen LogP contribution in [0.1, 0.15) is 12.5 Å². The van der Waals surface area contributed by atoms with Crippen LogP contribution in [0, 0.1) is 0 Å². The van der Waals surface area contributed by atoms with Crippen LogP contribution in [0.25, 0.3) is 11.4 Å². The summed E-state index contributed by atoms with van der Waals surface area (Å²) in [6, 6.07) is 4.06. The van der Waals surface area contributed by atoms with Crippen molar-refractivity contribution in [1.29, 1.82) is 0 Å². The molecular formula is C16H20ClN3O3. The molecule has 0 aliphatic carbocycles. The topological polar surface area (TPSA) is 68.5 Å². The lowest BCUT2D eigenvalue weighted by Crippen LogP contribution is -2.24. The van der Waals surface area contributed by atoms with E-state index in [9.17, 15) is 5.11 Å². The van der Waals surface area contributed by atoms with Gasteiger partial charge in [0.15, 0.2) is 11.5 Å². The van der Waals surface area contributed by atoms with E-state index in [1.165, 1.54) is 0 Å². The predicted molar refractivity (Wildman–Crippen MR) is 88.3 cm³/mol. The SMILES string of the molecule is COc1ccc(-c2nccn2[C@H]2CN[C@H](CO)C2)c(Cl)c1OC. The van der Waals surface area contributed by atoms with Gasteiger partial charge in [-0.05, 0) is 18.6 Å². The van der Waals surface area contributed by atoms with Crippen molar-refractivity contribution in [2.24, 2.45) is 0 Å². The standard InChI is InChI=1S/C16H20ClN3O3/c1-22-13-4-3-12(14(17)15(13)23-2)16-18-5-6-20(16)11-7-10(9-21)19-8-11/h3-6,10-11,19,21H,7-9H2,1-2H3/t10-,11+/m0/s1. The smallest absolute Gasteiger partial charge is 0.180 e. The summed E-state index contributed by atoms with van der Waals surface area (Å²) in [5, 5.41) is 13.1. The van der Waals surface area contributed by atoms with E-state index in [4.69, 9.17) is 21.1 Å². The molecule has 1 fully saturated rings. The van der Waals surface area contributed by atoms with E-state index in [0.717, 1.165) is 24.4 Å². The minimum absolute atomic E-state index is 0.121. The highest BCUT2D eigenvalue weighted by molar-refractivity contribution is 6.35. The zero-order chi connectivity index (χ0) is 16.4. The zero-order valence-corrected chi connectivity index (χ0v) is 13.9. The van der Waals surface area contributed by atoms with Crippen molar-refractivity contribution in [3.05, 3.63) is 29.5 Å². The summed E-state index contributed by atoms with van der Waals surface area (Å²) in [6.45, 7) is 0.928. The molecule has 2 aromatic rings. The van der Waals surface area contributed by atoms with E-state index >= 15 is 0 Å². The van der Waals surface area contributed by atoms with Crippen LogP contribution in [0.3, 0.4) is 0 Å². The number of rotatable bonds is 5. The number of methoxy groups -OCH3 is 2. The van der Waals surface area contributed by atoms with Crippen molar-refractivity contribution in [2.75, 3.05) is 27.4 Å². The van der Waals surface area contributed by atoms with E-state index in [1.807, 2.05) is 18.3 Å². The van der Waals surface area contributed by atoms with E-state index in [2.05, 4.69) is 14.9 Å². The summed E-state index contributed by atoms with van der Waals surface area (Å²) in [5.74, 6) is 1.86. The average molecular weight is 338 g/mol. The lowest BCUT2D eigenvalue weighted by molar-refractivity contribution is 0.253. The number of aliphatic hydroxyl groups is 1. The largest absolute Gasteiger partial charge is 0.493 e. The van der Waals surface area contributed by atoms with Crippen LogP contribution < -0.4 is 14.8 Å². The molecule has 0 radical (unpaired) electrons. The first-order valence-corrected chi connectivity index (χ1v) is 7.85. The molecule has 0 bridgehead atoms. The lowest BCUT2D eigenvalue weighted by atomic mass is 10.1. The van der Waals surface area contributed by atoms with Gasteiger partial charge in [0.1, 0.15) is 5.82 Å². The van der Waals surface area contributed by atoms with Crippen LogP contribution >= 0.6 is 11.6 Å². The number of benzene rings is 1. The second kappa shape index (κ2) is 6.78. The maximum Gasteiger partial charge on any atom is 0.180 e. The summed E-state index contributed by atoms with van der Waals surface area (Å²) >= 11 is 6.50. The van der Waals surface area contributed by atoms with E-state index in [1.54, 1.807) is 20.4 Å². The first-order chi connectivity index (χ1) is 11.2. The van der Waals surface area contributed by atoms with Gasteiger partial charge in [0, 0.05) is 36.6 Å². The monoisotopic (exact) mass is 337 g/mol. The highest BCUT2D eigenvalue weighted by atomic mass is 35.5. The second-order valence-corrected chi connectivity index (χ2v) is 5.88. The fourth-order valence-corrected chi connectivity index (χ4v) is 3.34. The third kappa shape index (κ3) is 2.89. The molecule has 0 spiro atoms. The fourth-order valence-electron chi connectivity index (χ4n) is 3.03. The Balaban J connectivity index is 1.99. The molecule has 0 saturated carbocycles. The normalized spacial score (nSPS) is 20.7. The van der Waals surface area contributed by atoms with Crippen LogP contribution in [0.2, 0.25) is 5.02 Å². The van der Waals surface area contributed by atoms with Gasteiger partial charge in [-0.15, -0.1) is 0 Å². The van der Waals surface area contributed by atoms with Crippen molar-refractivity contribution in [1.82, 2.24) is 14.9 Å². The van der Waals surface area contributed by atoms with Gasteiger partial charge in [0.05, 0.1) is 25.8 Å². The van der Waals surface area contributed by atoms with Crippen LogP contribution in [0.15, 0.2) is 24.5 Å². The number of aliphatic hydroxyl groups excluding tert-OH is 1. The van der Waals surface area contributed by atoms with Gasteiger partial charge in [-0.2, -0.15) is 0 Å².